The van der Waals surface area contributed by atoms with Gasteiger partial charge in [0.05, 0.1) is 18.1 Å². The van der Waals surface area contributed by atoms with Crippen LogP contribution in [0.15, 0.2) is 29.3 Å². The molecular weight excluding hydrogens is 320 g/mol. The number of nitrogens with one attached hydrogen (secondary N) is 2. The monoisotopic (exact) mass is 346 g/mol. The third kappa shape index (κ3) is 4.69. The Balaban J connectivity index is 1.61. The molecule has 0 heterocycles. The smallest absolute Gasteiger partial charge is 0.269 e. The lowest BCUT2D eigenvalue weighted by atomic mass is 9.95. The van der Waals surface area contributed by atoms with Gasteiger partial charge in [-0.25, -0.2) is 4.99 Å². The van der Waals surface area contributed by atoms with E-state index in [0.717, 1.165) is 23.4 Å². The molecule has 0 aromatic heterocycles. The van der Waals surface area contributed by atoms with Gasteiger partial charge < -0.3 is 15.4 Å². The van der Waals surface area contributed by atoms with Crippen molar-refractivity contribution in [3.05, 3.63) is 39.9 Å². The Kier molecular flexibility index (Phi) is 5.86. The molecule has 0 aliphatic heterocycles. The first-order chi connectivity index (χ1) is 12.2. The summed E-state index contributed by atoms with van der Waals surface area (Å²) in [6, 6.07) is 7.06. The summed E-state index contributed by atoms with van der Waals surface area (Å²) in [7, 11) is 1.68. The molecule has 7 heteroatoms. The summed E-state index contributed by atoms with van der Waals surface area (Å²) in [5.74, 6) is 2.43. The Hall–Kier alpha value is -2.15. The van der Waals surface area contributed by atoms with Crippen molar-refractivity contribution in [1.82, 2.24) is 10.6 Å². The Morgan fingerprint density at radius 2 is 2.12 bits per heavy atom. The van der Waals surface area contributed by atoms with Crippen LogP contribution in [0.5, 0.6) is 0 Å². The van der Waals surface area contributed by atoms with E-state index in [1.807, 2.05) is 0 Å². The fourth-order valence-electron chi connectivity index (χ4n) is 3.91. The van der Waals surface area contributed by atoms with Crippen LogP contribution in [0.2, 0.25) is 0 Å². The Bertz CT molecular complexity index is 617. The second-order valence-electron chi connectivity index (χ2n) is 6.93. The highest BCUT2D eigenvalue weighted by molar-refractivity contribution is 5.80. The Morgan fingerprint density at radius 1 is 1.32 bits per heavy atom. The number of aliphatic imine (C=N–C) groups is 1. The van der Waals surface area contributed by atoms with E-state index in [1.165, 1.54) is 37.8 Å². The third-order valence-electron chi connectivity index (χ3n) is 5.23. The summed E-state index contributed by atoms with van der Waals surface area (Å²) in [6.45, 7) is 1.81. The number of nitrogens with zero attached hydrogens (tertiary/aromatic N) is 2. The van der Waals surface area contributed by atoms with Gasteiger partial charge in [0, 0.05) is 31.8 Å². The normalized spacial score (nSPS) is 25.2. The number of guanidine groups is 1. The zero-order valence-electron chi connectivity index (χ0n) is 14.6. The maximum atomic E-state index is 10.7. The zero-order chi connectivity index (χ0) is 17.6. The van der Waals surface area contributed by atoms with E-state index in [-0.39, 0.29) is 10.6 Å². The number of benzene rings is 1. The van der Waals surface area contributed by atoms with Gasteiger partial charge in [0.2, 0.25) is 0 Å². The summed E-state index contributed by atoms with van der Waals surface area (Å²) >= 11 is 0. The molecule has 2 fully saturated rings. The summed E-state index contributed by atoms with van der Waals surface area (Å²) in [6.07, 6.45) is 5.25. The molecule has 7 nitrogen and oxygen atoms in total. The van der Waals surface area contributed by atoms with Gasteiger partial charge in [-0.05, 0) is 36.7 Å². The molecule has 0 spiro atoms. The van der Waals surface area contributed by atoms with Crippen LogP contribution in [-0.4, -0.2) is 37.2 Å². The molecule has 2 aliphatic carbocycles. The Labute approximate surface area is 148 Å². The van der Waals surface area contributed by atoms with Gasteiger partial charge in [-0.1, -0.05) is 18.6 Å². The number of nitro benzene ring substituents is 1. The van der Waals surface area contributed by atoms with Crippen molar-refractivity contribution in [2.75, 3.05) is 20.3 Å². The number of methoxy groups -OCH3 is 1. The van der Waals surface area contributed by atoms with Gasteiger partial charge in [0.25, 0.3) is 5.69 Å². The third-order valence-corrected chi connectivity index (χ3v) is 5.23. The van der Waals surface area contributed by atoms with E-state index in [0.29, 0.717) is 25.7 Å². The van der Waals surface area contributed by atoms with E-state index in [9.17, 15) is 10.1 Å². The number of nitro groups is 1. The van der Waals surface area contributed by atoms with E-state index in [2.05, 4.69) is 15.6 Å². The molecule has 1 aromatic carbocycles. The van der Waals surface area contributed by atoms with Crippen LogP contribution in [0.25, 0.3) is 0 Å². The molecular formula is C18H26N4O3. The molecule has 0 radical (unpaired) electrons. The zero-order valence-corrected chi connectivity index (χ0v) is 14.6. The summed E-state index contributed by atoms with van der Waals surface area (Å²) in [5, 5.41) is 17.6. The minimum Gasteiger partial charge on any atom is -0.383 e. The van der Waals surface area contributed by atoms with Crippen LogP contribution in [0, 0.1) is 22.0 Å². The minimum absolute atomic E-state index is 0.103. The predicted molar refractivity (Wildman–Crippen MR) is 96.5 cm³/mol. The topological polar surface area (TPSA) is 88.8 Å². The van der Waals surface area contributed by atoms with E-state index < -0.39 is 0 Å². The van der Waals surface area contributed by atoms with Crippen LogP contribution in [-0.2, 0) is 11.3 Å². The summed E-state index contributed by atoms with van der Waals surface area (Å²) in [4.78, 5) is 15.0. The van der Waals surface area contributed by atoms with Crippen LogP contribution < -0.4 is 10.6 Å². The number of ether oxygens (including phenoxy) is 1. The molecule has 136 valence electrons. The molecule has 25 heavy (non-hydrogen) atoms. The fourth-order valence-corrected chi connectivity index (χ4v) is 3.91. The molecule has 1 aromatic rings. The standard InChI is InChI=1S/C18H26N4O3/c1-25-9-8-19-18(21-17-11-14-2-5-15(17)10-14)20-12-13-3-6-16(7-4-13)22(23)24/h3-4,6-7,14-15,17H,2,5,8-12H2,1H3,(H2,19,20,21). The maximum absolute atomic E-state index is 10.7. The quantitative estimate of drug-likeness (QED) is 0.260. The van der Waals surface area contributed by atoms with Crippen LogP contribution in [0.4, 0.5) is 5.69 Å². The van der Waals surface area contributed by atoms with Crippen molar-refractivity contribution in [3.63, 3.8) is 0 Å². The van der Waals surface area contributed by atoms with Gasteiger partial charge in [-0.15, -0.1) is 0 Å². The van der Waals surface area contributed by atoms with Crippen molar-refractivity contribution in [2.45, 2.75) is 38.3 Å². The van der Waals surface area contributed by atoms with Crippen molar-refractivity contribution < 1.29 is 9.66 Å². The first-order valence-electron chi connectivity index (χ1n) is 8.93. The molecule has 2 aliphatic rings. The van der Waals surface area contributed by atoms with E-state index in [1.54, 1.807) is 19.2 Å². The molecule has 2 N–H and O–H groups in total. The number of non-ortho nitro benzene ring substituents is 1. The molecule has 0 saturated heterocycles. The minimum atomic E-state index is -0.387. The Morgan fingerprint density at radius 3 is 2.72 bits per heavy atom. The average Bonchev–Trinajstić information content (AvgIpc) is 3.23. The number of rotatable bonds is 7. The second-order valence-corrected chi connectivity index (χ2v) is 6.93. The molecule has 2 saturated carbocycles. The number of hydrogen-bond acceptors (Lipinski definition) is 4. The van der Waals surface area contributed by atoms with Crippen LogP contribution in [0.3, 0.4) is 0 Å². The van der Waals surface area contributed by atoms with Crippen LogP contribution >= 0.6 is 0 Å². The lowest BCUT2D eigenvalue weighted by Gasteiger charge is -2.25. The average molecular weight is 346 g/mol. The fraction of sp³-hybridized carbons (Fsp3) is 0.611. The molecule has 2 bridgehead atoms. The van der Waals surface area contributed by atoms with E-state index >= 15 is 0 Å². The maximum Gasteiger partial charge on any atom is 0.269 e. The lowest BCUT2D eigenvalue weighted by molar-refractivity contribution is -0.384. The first-order valence-corrected chi connectivity index (χ1v) is 8.93. The highest BCUT2D eigenvalue weighted by atomic mass is 16.6. The lowest BCUT2D eigenvalue weighted by Crippen LogP contribution is -2.46. The van der Waals surface area contributed by atoms with Crippen LogP contribution in [0.1, 0.15) is 31.2 Å². The highest BCUT2D eigenvalue weighted by Crippen LogP contribution is 2.44. The number of fused-ring (bicyclic) bond motifs is 2. The molecule has 0 amide bonds. The van der Waals surface area contributed by atoms with E-state index in [4.69, 9.17) is 4.74 Å². The van der Waals surface area contributed by atoms with Gasteiger partial charge in [0.1, 0.15) is 0 Å². The van der Waals surface area contributed by atoms with Crippen molar-refractivity contribution in [2.24, 2.45) is 16.8 Å². The molecule has 3 unspecified atom stereocenters. The van der Waals surface area contributed by atoms with Crippen molar-refractivity contribution in [3.8, 4) is 0 Å². The van der Waals surface area contributed by atoms with Gasteiger partial charge >= 0.3 is 0 Å². The van der Waals surface area contributed by atoms with Gasteiger partial charge in [0.15, 0.2) is 5.96 Å². The van der Waals surface area contributed by atoms with Gasteiger partial charge in [-0.3, -0.25) is 10.1 Å². The second kappa shape index (κ2) is 8.29. The summed E-state index contributed by atoms with van der Waals surface area (Å²) in [5.41, 5.74) is 1.05. The number of hydrogen-bond donors (Lipinski definition) is 2. The molecule has 3 rings (SSSR count). The predicted octanol–water partition coefficient (Wildman–Crippen LogP) is 2.46. The SMILES string of the molecule is COCCNC(=NCc1ccc([N+](=O)[O-])cc1)NC1CC2CCC1C2. The van der Waals surface area contributed by atoms with Crippen molar-refractivity contribution in [1.29, 1.82) is 0 Å². The van der Waals surface area contributed by atoms with Gasteiger partial charge in [-0.2, -0.15) is 0 Å². The summed E-state index contributed by atoms with van der Waals surface area (Å²) < 4.78 is 5.10. The largest absolute Gasteiger partial charge is 0.383 e. The molecule has 3 atom stereocenters. The highest BCUT2D eigenvalue weighted by Gasteiger charge is 2.39. The first kappa shape index (κ1) is 17.7. The van der Waals surface area contributed by atoms with Crippen molar-refractivity contribution >= 4 is 11.6 Å².